The van der Waals surface area contributed by atoms with E-state index in [2.05, 4.69) is 27.8 Å². The second-order valence-electron chi connectivity index (χ2n) is 7.60. The number of likely N-dealkylation sites (N-methyl/N-ethyl adjacent to an activating group) is 1. The van der Waals surface area contributed by atoms with Crippen LogP contribution in [0.1, 0.15) is 23.2 Å². The third kappa shape index (κ3) is 3.07. The summed E-state index contributed by atoms with van der Waals surface area (Å²) in [5, 5.41) is 2.26. The highest BCUT2D eigenvalue weighted by Gasteiger charge is 2.39. The van der Waals surface area contributed by atoms with Crippen molar-refractivity contribution in [1.82, 2.24) is 4.72 Å². The molecule has 5 heteroatoms. The molecular weight excluding hydrogens is 392 g/mol. The Bertz CT molecular complexity index is 1300. The molecule has 0 saturated heterocycles. The molecule has 0 aliphatic heterocycles. The maximum absolute atomic E-state index is 13.2. The Morgan fingerprint density at radius 2 is 1.33 bits per heavy atom. The number of para-hydroxylation sites is 1. The summed E-state index contributed by atoms with van der Waals surface area (Å²) in [5.41, 5.74) is 3.18. The molecule has 1 N–H and O–H groups in total. The number of hydrogen-bond acceptors (Lipinski definition) is 3. The molecule has 1 aliphatic rings. The van der Waals surface area contributed by atoms with Crippen molar-refractivity contribution in [2.45, 2.75) is 17.0 Å². The Balaban J connectivity index is 1.65. The third-order valence-electron chi connectivity index (χ3n) is 5.85. The molecule has 0 amide bonds. The first-order valence-corrected chi connectivity index (χ1v) is 11.4. The molecule has 0 spiro atoms. The second kappa shape index (κ2) is 7.27. The molecular formula is C25H22N2O2S. The highest BCUT2D eigenvalue weighted by Crippen LogP contribution is 2.48. The monoisotopic (exact) mass is 414 g/mol. The fourth-order valence-electron chi connectivity index (χ4n) is 4.47. The molecule has 5 rings (SSSR count). The van der Waals surface area contributed by atoms with E-state index in [9.17, 15) is 8.42 Å². The zero-order valence-electron chi connectivity index (χ0n) is 16.6. The molecule has 0 bridgehead atoms. The molecule has 4 aromatic carbocycles. The molecule has 0 heterocycles. The van der Waals surface area contributed by atoms with Crippen molar-refractivity contribution in [2.24, 2.45) is 0 Å². The van der Waals surface area contributed by atoms with Gasteiger partial charge in [-0.2, -0.15) is 0 Å². The molecule has 0 saturated carbocycles. The van der Waals surface area contributed by atoms with Crippen LogP contribution in [0.2, 0.25) is 0 Å². The lowest BCUT2D eigenvalue weighted by Crippen LogP contribution is -2.37. The lowest BCUT2D eigenvalue weighted by molar-refractivity contribution is 0.505. The lowest BCUT2D eigenvalue weighted by atomic mass is 10.0. The number of rotatable bonds is 5. The summed E-state index contributed by atoms with van der Waals surface area (Å²) < 4.78 is 29.5. The summed E-state index contributed by atoms with van der Waals surface area (Å²) >= 11 is 0. The van der Waals surface area contributed by atoms with Gasteiger partial charge in [0.15, 0.2) is 0 Å². The van der Waals surface area contributed by atoms with E-state index in [0.29, 0.717) is 0 Å². The molecule has 0 radical (unpaired) electrons. The molecule has 30 heavy (non-hydrogen) atoms. The topological polar surface area (TPSA) is 49.4 Å². The number of nitrogens with zero attached hydrogens (tertiary/aromatic N) is 1. The summed E-state index contributed by atoms with van der Waals surface area (Å²) in [6.07, 6.45) is 0. The van der Waals surface area contributed by atoms with Gasteiger partial charge in [-0.15, -0.1) is 0 Å². The van der Waals surface area contributed by atoms with Crippen LogP contribution in [-0.2, 0) is 10.0 Å². The van der Waals surface area contributed by atoms with Crippen LogP contribution in [0.25, 0.3) is 10.8 Å². The van der Waals surface area contributed by atoms with Crippen molar-refractivity contribution < 1.29 is 8.42 Å². The molecule has 2 atom stereocenters. The van der Waals surface area contributed by atoms with Gasteiger partial charge in [-0.3, -0.25) is 0 Å². The van der Waals surface area contributed by atoms with Crippen LogP contribution in [-0.4, -0.2) is 15.5 Å². The predicted molar refractivity (Wildman–Crippen MR) is 121 cm³/mol. The smallest absolute Gasteiger partial charge is 0.241 e. The van der Waals surface area contributed by atoms with Crippen LogP contribution in [0.4, 0.5) is 5.69 Å². The minimum atomic E-state index is -3.68. The van der Waals surface area contributed by atoms with Crippen molar-refractivity contribution in [2.75, 3.05) is 11.9 Å². The number of sulfonamides is 1. The lowest BCUT2D eigenvalue weighted by Gasteiger charge is -2.33. The predicted octanol–water partition coefficient (Wildman–Crippen LogP) is 5.05. The quantitative estimate of drug-likeness (QED) is 0.497. The molecule has 0 aromatic heterocycles. The first-order valence-electron chi connectivity index (χ1n) is 9.93. The van der Waals surface area contributed by atoms with Gasteiger partial charge < -0.3 is 4.90 Å². The number of anilines is 1. The first-order chi connectivity index (χ1) is 14.6. The van der Waals surface area contributed by atoms with E-state index < -0.39 is 16.1 Å². The van der Waals surface area contributed by atoms with E-state index in [4.69, 9.17) is 0 Å². The fraction of sp³-hybridized carbons (Fsp3) is 0.120. The van der Waals surface area contributed by atoms with E-state index in [1.165, 1.54) is 0 Å². The van der Waals surface area contributed by atoms with Crippen LogP contribution in [0, 0.1) is 0 Å². The molecule has 0 fully saturated rings. The average Bonchev–Trinajstić information content (AvgIpc) is 3.09. The average molecular weight is 415 g/mol. The van der Waals surface area contributed by atoms with Gasteiger partial charge in [0.1, 0.15) is 0 Å². The summed E-state index contributed by atoms with van der Waals surface area (Å²) in [5.74, 6) is 0. The van der Waals surface area contributed by atoms with Crippen LogP contribution >= 0.6 is 0 Å². The normalized spacial score (nSPS) is 17.9. The number of benzene rings is 4. The van der Waals surface area contributed by atoms with Crippen LogP contribution < -0.4 is 9.62 Å². The number of hydrogen-bond donors (Lipinski definition) is 1. The minimum absolute atomic E-state index is 0.160. The van der Waals surface area contributed by atoms with Gasteiger partial charge in [0.25, 0.3) is 0 Å². The van der Waals surface area contributed by atoms with Crippen molar-refractivity contribution >= 4 is 26.5 Å². The SMILES string of the molecule is CN(c1ccccc1)C1c2cccc3cccc(c23)C1NS(=O)(=O)c1ccccc1. The molecule has 4 nitrogen and oxygen atoms in total. The summed E-state index contributed by atoms with van der Waals surface area (Å²) in [6.45, 7) is 0. The van der Waals surface area contributed by atoms with Gasteiger partial charge in [-0.25, -0.2) is 13.1 Å². The highest BCUT2D eigenvalue weighted by atomic mass is 32.2. The van der Waals surface area contributed by atoms with E-state index in [0.717, 1.165) is 27.6 Å². The van der Waals surface area contributed by atoms with Crippen molar-refractivity contribution in [1.29, 1.82) is 0 Å². The van der Waals surface area contributed by atoms with Crippen molar-refractivity contribution in [3.63, 3.8) is 0 Å². The Hall–Kier alpha value is -3.15. The van der Waals surface area contributed by atoms with Gasteiger partial charge in [0, 0.05) is 12.7 Å². The number of nitrogens with one attached hydrogen (secondary N) is 1. The van der Waals surface area contributed by atoms with Crippen molar-refractivity contribution in [3.8, 4) is 0 Å². The maximum Gasteiger partial charge on any atom is 0.241 e. The summed E-state index contributed by atoms with van der Waals surface area (Å²) in [4.78, 5) is 2.43. The fourth-order valence-corrected chi connectivity index (χ4v) is 5.72. The molecule has 2 unspecified atom stereocenters. The van der Waals surface area contributed by atoms with Gasteiger partial charge in [0.2, 0.25) is 10.0 Å². The summed E-state index contributed by atoms with van der Waals surface area (Å²) in [7, 11) is -1.66. The standard InChI is InChI=1S/C25H22N2O2S/c1-27(19-12-4-2-5-13-19)25-22-17-9-11-18-10-8-16-21(23(18)22)24(25)26-30(28,29)20-14-6-3-7-15-20/h2-17,24-26H,1H3. The molecule has 4 aromatic rings. The van der Waals surface area contributed by atoms with E-state index in [1.807, 2.05) is 61.6 Å². The first kappa shape index (κ1) is 18.9. The van der Waals surface area contributed by atoms with Gasteiger partial charge in [-0.05, 0) is 46.2 Å². The van der Waals surface area contributed by atoms with Gasteiger partial charge in [0.05, 0.1) is 17.0 Å². The van der Waals surface area contributed by atoms with Crippen molar-refractivity contribution in [3.05, 3.63) is 108 Å². The van der Waals surface area contributed by atoms with Crippen LogP contribution in [0.3, 0.4) is 0 Å². The zero-order chi connectivity index (χ0) is 20.7. The third-order valence-corrected chi connectivity index (χ3v) is 7.31. The van der Waals surface area contributed by atoms with Gasteiger partial charge >= 0.3 is 0 Å². The van der Waals surface area contributed by atoms with Crippen LogP contribution in [0.5, 0.6) is 0 Å². The maximum atomic E-state index is 13.2. The zero-order valence-corrected chi connectivity index (χ0v) is 17.4. The largest absolute Gasteiger partial charge is 0.366 e. The Morgan fingerprint density at radius 1 is 0.733 bits per heavy atom. The minimum Gasteiger partial charge on any atom is -0.366 e. The van der Waals surface area contributed by atoms with E-state index >= 15 is 0 Å². The molecule has 1 aliphatic carbocycles. The van der Waals surface area contributed by atoms with Gasteiger partial charge in [-0.1, -0.05) is 72.8 Å². The van der Waals surface area contributed by atoms with Crippen LogP contribution in [0.15, 0.2) is 102 Å². The highest BCUT2D eigenvalue weighted by molar-refractivity contribution is 7.89. The van der Waals surface area contributed by atoms with E-state index in [1.54, 1.807) is 24.3 Å². The second-order valence-corrected chi connectivity index (χ2v) is 9.31. The van der Waals surface area contributed by atoms with E-state index in [-0.39, 0.29) is 10.9 Å². The summed E-state index contributed by atoms with van der Waals surface area (Å²) in [6, 6.07) is 30.4. The Labute approximate surface area is 176 Å². The Kier molecular flexibility index (Phi) is 4.57. The Morgan fingerprint density at radius 3 is 2.00 bits per heavy atom. The molecule has 150 valence electrons.